The molecule has 0 bridgehead atoms. The van der Waals surface area contributed by atoms with Crippen LogP contribution < -0.4 is 14.8 Å². The summed E-state index contributed by atoms with van der Waals surface area (Å²) in [7, 11) is 1.60. The lowest BCUT2D eigenvalue weighted by Crippen LogP contribution is -2.17. The number of nitrogens with one attached hydrogen (secondary N) is 2. The number of methoxy groups -OCH3 is 1. The Morgan fingerprint density at radius 3 is 2.67 bits per heavy atom. The topological polar surface area (TPSA) is 59.2 Å². The maximum absolute atomic E-state index is 13.8. The van der Waals surface area contributed by atoms with Crippen LogP contribution in [0, 0.1) is 5.82 Å². The molecule has 0 aliphatic rings. The van der Waals surface area contributed by atoms with Crippen molar-refractivity contribution in [3.8, 4) is 11.5 Å². The molecule has 3 aromatic carbocycles. The third-order valence-electron chi connectivity index (χ3n) is 4.88. The normalized spacial score (nSPS) is 11.0. The molecular formula is C24H24FN3O2. The van der Waals surface area contributed by atoms with Crippen molar-refractivity contribution in [1.29, 1.82) is 0 Å². The minimum absolute atomic E-state index is 0.151. The number of hydrogen-bond acceptors (Lipinski definition) is 4. The smallest absolute Gasteiger partial charge is 0.161 e. The summed E-state index contributed by atoms with van der Waals surface area (Å²) in [6.07, 6.45) is 0.815. The zero-order valence-corrected chi connectivity index (χ0v) is 16.8. The van der Waals surface area contributed by atoms with Crippen LogP contribution in [0.2, 0.25) is 0 Å². The number of rotatable bonds is 9. The first-order chi connectivity index (χ1) is 14.7. The number of aromatic amines is 1. The molecule has 1 heterocycles. The predicted molar refractivity (Wildman–Crippen MR) is 115 cm³/mol. The molecule has 0 radical (unpaired) electrons. The van der Waals surface area contributed by atoms with Crippen LogP contribution in [0.15, 0.2) is 66.7 Å². The molecule has 0 atom stereocenters. The van der Waals surface area contributed by atoms with Crippen molar-refractivity contribution in [2.24, 2.45) is 0 Å². The first kappa shape index (κ1) is 19.9. The third-order valence-corrected chi connectivity index (χ3v) is 4.88. The zero-order valence-electron chi connectivity index (χ0n) is 16.8. The summed E-state index contributed by atoms with van der Waals surface area (Å²) in [5, 5.41) is 3.42. The summed E-state index contributed by atoms with van der Waals surface area (Å²) >= 11 is 0. The van der Waals surface area contributed by atoms with E-state index in [-0.39, 0.29) is 12.4 Å². The fraction of sp³-hybridized carbons (Fsp3) is 0.208. The first-order valence-electron chi connectivity index (χ1n) is 9.90. The number of fused-ring (bicyclic) bond motifs is 1. The molecule has 6 heteroatoms. The van der Waals surface area contributed by atoms with Gasteiger partial charge in [-0.1, -0.05) is 36.4 Å². The quantitative estimate of drug-likeness (QED) is 0.399. The molecular weight excluding hydrogens is 381 g/mol. The van der Waals surface area contributed by atoms with Crippen LogP contribution in [0.1, 0.15) is 17.0 Å². The highest BCUT2D eigenvalue weighted by Crippen LogP contribution is 2.29. The van der Waals surface area contributed by atoms with E-state index in [2.05, 4.69) is 15.3 Å². The maximum atomic E-state index is 13.8. The Labute approximate surface area is 174 Å². The molecule has 0 amide bonds. The molecule has 4 rings (SSSR count). The Balaban J connectivity index is 1.30. The number of nitrogens with zero attached hydrogens (tertiary/aromatic N) is 1. The molecule has 0 saturated carbocycles. The number of benzene rings is 3. The maximum Gasteiger partial charge on any atom is 0.161 e. The Morgan fingerprint density at radius 2 is 1.83 bits per heavy atom. The molecule has 0 saturated heterocycles. The van der Waals surface area contributed by atoms with E-state index in [1.54, 1.807) is 25.3 Å². The SMILES string of the molecule is COc1cc(CNCCc2nc3ccccc3[nH]2)ccc1OCc1ccccc1F. The van der Waals surface area contributed by atoms with E-state index in [1.807, 2.05) is 42.5 Å². The summed E-state index contributed by atoms with van der Waals surface area (Å²) < 4.78 is 25.0. The van der Waals surface area contributed by atoms with E-state index in [9.17, 15) is 4.39 Å². The molecule has 2 N–H and O–H groups in total. The Kier molecular flexibility index (Phi) is 6.25. The van der Waals surface area contributed by atoms with E-state index in [0.29, 0.717) is 23.6 Å². The minimum atomic E-state index is -0.276. The van der Waals surface area contributed by atoms with Gasteiger partial charge in [0.15, 0.2) is 11.5 Å². The molecule has 0 fully saturated rings. The highest BCUT2D eigenvalue weighted by Gasteiger charge is 2.08. The van der Waals surface area contributed by atoms with Gasteiger partial charge in [-0.2, -0.15) is 0 Å². The van der Waals surface area contributed by atoms with Crippen LogP contribution in [0.25, 0.3) is 11.0 Å². The van der Waals surface area contributed by atoms with Gasteiger partial charge in [-0.25, -0.2) is 9.37 Å². The number of hydrogen-bond donors (Lipinski definition) is 2. The van der Waals surface area contributed by atoms with Gasteiger partial charge in [-0.15, -0.1) is 0 Å². The van der Waals surface area contributed by atoms with Gasteiger partial charge in [0.25, 0.3) is 0 Å². The van der Waals surface area contributed by atoms with Crippen LogP contribution in [0.5, 0.6) is 11.5 Å². The molecule has 4 aromatic rings. The number of H-pyrrole nitrogens is 1. The molecule has 0 aliphatic heterocycles. The number of para-hydroxylation sites is 2. The second kappa shape index (κ2) is 9.41. The number of aromatic nitrogens is 2. The molecule has 154 valence electrons. The van der Waals surface area contributed by atoms with Crippen molar-refractivity contribution >= 4 is 11.0 Å². The van der Waals surface area contributed by atoms with Crippen LogP contribution in [0.3, 0.4) is 0 Å². The van der Waals surface area contributed by atoms with Gasteiger partial charge in [-0.05, 0) is 35.9 Å². The largest absolute Gasteiger partial charge is 0.493 e. The van der Waals surface area contributed by atoms with Crippen LogP contribution in [-0.4, -0.2) is 23.6 Å². The van der Waals surface area contributed by atoms with Crippen molar-refractivity contribution in [2.45, 2.75) is 19.6 Å². The Hall–Kier alpha value is -3.38. The Morgan fingerprint density at radius 1 is 1.00 bits per heavy atom. The van der Waals surface area contributed by atoms with Crippen molar-refractivity contribution in [2.75, 3.05) is 13.7 Å². The molecule has 1 aromatic heterocycles. The Bertz CT molecular complexity index is 1090. The summed E-state index contributed by atoms with van der Waals surface area (Å²) in [5.41, 5.74) is 3.64. The molecule has 0 aliphatic carbocycles. The lowest BCUT2D eigenvalue weighted by atomic mass is 10.2. The fourth-order valence-electron chi connectivity index (χ4n) is 3.28. The van der Waals surface area contributed by atoms with Crippen LogP contribution >= 0.6 is 0 Å². The second-order valence-electron chi connectivity index (χ2n) is 6.99. The van der Waals surface area contributed by atoms with Gasteiger partial charge < -0.3 is 19.8 Å². The van der Waals surface area contributed by atoms with Gasteiger partial charge in [0, 0.05) is 25.1 Å². The van der Waals surface area contributed by atoms with Crippen molar-refractivity contribution in [1.82, 2.24) is 15.3 Å². The van der Waals surface area contributed by atoms with Gasteiger partial charge in [0.2, 0.25) is 0 Å². The molecule has 0 unspecified atom stereocenters. The second-order valence-corrected chi connectivity index (χ2v) is 6.99. The highest BCUT2D eigenvalue weighted by atomic mass is 19.1. The average Bonchev–Trinajstić information content (AvgIpc) is 3.19. The summed E-state index contributed by atoms with van der Waals surface area (Å²) in [4.78, 5) is 7.93. The lowest BCUT2D eigenvalue weighted by molar-refractivity contribution is 0.279. The van der Waals surface area contributed by atoms with Gasteiger partial charge in [0.1, 0.15) is 18.2 Å². The van der Waals surface area contributed by atoms with E-state index in [0.717, 1.165) is 35.4 Å². The zero-order chi connectivity index (χ0) is 20.8. The predicted octanol–water partition coefficient (Wildman–Crippen LogP) is 4.62. The molecule has 30 heavy (non-hydrogen) atoms. The van der Waals surface area contributed by atoms with Crippen molar-refractivity contribution in [3.63, 3.8) is 0 Å². The number of ether oxygens (including phenoxy) is 2. The van der Waals surface area contributed by atoms with Crippen molar-refractivity contribution < 1.29 is 13.9 Å². The first-order valence-corrected chi connectivity index (χ1v) is 9.90. The minimum Gasteiger partial charge on any atom is -0.493 e. The highest BCUT2D eigenvalue weighted by molar-refractivity contribution is 5.74. The number of imidazole rings is 1. The standard InChI is InChI=1S/C24H24FN3O2/c1-29-23-14-17(10-11-22(23)30-16-18-6-2-3-7-19(18)25)15-26-13-12-24-27-20-8-4-5-9-21(20)28-24/h2-11,14,26H,12-13,15-16H2,1H3,(H,27,28). The third kappa shape index (κ3) is 4.78. The van der Waals surface area contributed by atoms with E-state index in [4.69, 9.17) is 9.47 Å². The summed E-state index contributed by atoms with van der Waals surface area (Å²) in [6, 6.07) is 20.4. The van der Waals surface area contributed by atoms with Gasteiger partial charge >= 0.3 is 0 Å². The van der Waals surface area contributed by atoms with Gasteiger partial charge in [0.05, 0.1) is 18.1 Å². The van der Waals surface area contributed by atoms with E-state index < -0.39 is 0 Å². The number of halogens is 1. The summed E-state index contributed by atoms with van der Waals surface area (Å²) in [5.74, 6) is 1.91. The van der Waals surface area contributed by atoms with E-state index >= 15 is 0 Å². The monoisotopic (exact) mass is 405 g/mol. The summed E-state index contributed by atoms with van der Waals surface area (Å²) in [6.45, 7) is 1.65. The fourth-order valence-corrected chi connectivity index (χ4v) is 3.28. The molecule has 0 spiro atoms. The van der Waals surface area contributed by atoms with Gasteiger partial charge in [-0.3, -0.25) is 0 Å². The van der Waals surface area contributed by atoms with Crippen LogP contribution in [-0.2, 0) is 19.6 Å². The van der Waals surface area contributed by atoms with Crippen LogP contribution in [0.4, 0.5) is 4.39 Å². The lowest BCUT2D eigenvalue weighted by Gasteiger charge is -2.13. The molecule has 5 nitrogen and oxygen atoms in total. The van der Waals surface area contributed by atoms with E-state index in [1.165, 1.54) is 6.07 Å². The van der Waals surface area contributed by atoms with Crippen molar-refractivity contribution in [3.05, 3.63) is 89.5 Å². The average molecular weight is 405 g/mol.